The molecule has 1 aromatic heterocycles. The molecule has 6 heteroatoms. The first kappa shape index (κ1) is 10.2. The van der Waals surface area contributed by atoms with Crippen molar-refractivity contribution < 1.29 is 14.3 Å². The summed E-state index contributed by atoms with van der Waals surface area (Å²) < 4.78 is 15.0. The van der Waals surface area contributed by atoms with Crippen molar-refractivity contribution in [1.29, 1.82) is 0 Å². The van der Waals surface area contributed by atoms with Crippen LogP contribution in [0.25, 0.3) is 11.0 Å². The van der Waals surface area contributed by atoms with Crippen LogP contribution in [-0.2, 0) is 6.54 Å². The minimum Gasteiger partial charge on any atom is -0.478 e. The van der Waals surface area contributed by atoms with E-state index >= 15 is 0 Å². The molecule has 1 N–H and O–H groups in total. The molecule has 0 amide bonds. The summed E-state index contributed by atoms with van der Waals surface area (Å²) in [6, 6.07) is 2.42. The van der Waals surface area contributed by atoms with Crippen LogP contribution < -0.4 is 0 Å². The van der Waals surface area contributed by atoms with Crippen molar-refractivity contribution in [2.24, 2.45) is 5.92 Å². The summed E-state index contributed by atoms with van der Waals surface area (Å²) in [5, 5.41) is 16.6. The molecule has 1 fully saturated rings. The van der Waals surface area contributed by atoms with Crippen LogP contribution >= 0.6 is 0 Å². The van der Waals surface area contributed by atoms with E-state index in [4.69, 9.17) is 5.11 Å². The van der Waals surface area contributed by atoms with Gasteiger partial charge in [0.15, 0.2) is 0 Å². The molecule has 2 aromatic rings. The predicted molar refractivity (Wildman–Crippen MR) is 57.2 cm³/mol. The molecule has 5 nitrogen and oxygen atoms in total. The number of halogens is 1. The topological polar surface area (TPSA) is 68.0 Å². The van der Waals surface area contributed by atoms with Crippen molar-refractivity contribution in [3.05, 3.63) is 23.5 Å². The summed E-state index contributed by atoms with van der Waals surface area (Å²) >= 11 is 0. The summed E-state index contributed by atoms with van der Waals surface area (Å²) in [6.07, 6.45) is 2.32. The zero-order valence-corrected chi connectivity index (χ0v) is 8.93. The van der Waals surface area contributed by atoms with Crippen molar-refractivity contribution >= 4 is 17.0 Å². The van der Waals surface area contributed by atoms with Gasteiger partial charge in [-0.25, -0.2) is 13.9 Å². The number of rotatable bonds is 3. The minimum atomic E-state index is -1.27. The number of hydrogen-bond donors (Lipinski definition) is 1. The zero-order chi connectivity index (χ0) is 12.0. The maximum atomic E-state index is 13.4. The van der Waals surface area contributed by atoms with Crippen LogP contribution in [0.4, 0.5) is 4.39 Å². The second kappa shape index (κ2) is 3.51. The molecule has 0 aliphatic heterocycles. The zero-order valence-electron chi connectivity index (χ0n) is 8.93. The van der Waals surface area contributed by atoms with Crippen LogP contribution in [0.3, 0.4) is 0 Å². The van der Waals surface area contributed by atoms with Gasteiger partial charge in [-0.05, 0) is 24.8 Å². The van der Waals surface area contributed by atoms with Gasteiger partial charge >= 0.3 is 5.97 Å². The van der Waals surface area contributed by atoms with Crippen LogP contribution in [0.15, 0.2) is 12.1 Å². The molecule has 88 valence electrons. The van der Waals surface area contributed by atoms with Gasteiger partial charge < -0.3 is 5.11 Å². The van der Waals surface area contributed by atoms with Gasteiger partial charge in [-0.1, -0.05) is 5.21 Å². The lowest BCUT2D eigenvalue weighted by atomic mass is 10.2. The highest BCUT2D eigenvalue weighted by atomic mass is 19.1. The van der Waals surface area contributed by atoms with E-state index in [-0.39, 0.29) is 5.56 Å². The average Bonchev–Trinajstić information content (AvgIpc) is 3.00. The van der Waals surface area contributed by atoms with E-state index in [1.807, 2.05) is 0 Å². The fraction of sp³-hybridized carbons (Fsp3) is 0.364. The molecule has 1 saturated carbocycles. The number of aromatic carboxylic acids is 1. The standard InChI is InChI=1S/C11H10FN3O2/c12-8-4-9-10(3-7(8)11(16)17)15(14-13-9)5-6-1-2-6/h3-4,6H,1-2,5H2,(H,16,17). The molecule has 0 saturated heterocycles. The third-order valence-electron chi connectivity index (χ3n) is 2.96. The molecule has 0 spiro atoms. The van der Waals surface area contributed by atoms with Crippen LogP contribution in [-0.4, -0.2) is 26.1 Å². The van der Waals surface area contributed by atoms with Gasteiger partial charge in [0.2, 0.25) is 0 Å². The summed E-state index contributed by atoms with van der Waals surface area (Å²) in [5.74, 6) is -1.45. The first-order chi connectivity index (χ1) is 8.15. The van der Waals surface area contributed by atoms with Gasteiger partial charge in [0, 0.05) is 12.6 Å². The van der Waals surface area contributed by atoms with E-state index in [0.717, 1.165) is 25.5 Å². The average molecular weight is 235 g/mol. The molecular weight excluding hydrogens is 225 g/mol. The summed E-state index contributed by atoms with van der Waals surface area (Å²) in [7, 11) is 0. The Kier molecular flexibility index (Phi) is 2.10. The van der Waals surface area contributed by atoms with Crippen LogP contribution in [0.2, 0.25) is 0 Å². The Bertz CT molecular complexity index is 604. The lowest BCUT2D eigenvalue weighted by Crippen LogP contribution is -2.04. The monoisotopic (exact) mass is 235 g/mol. The lowest BCUT2D eigenvalue weighted by molar-refractivity contribution is 0.0692. The normalized spacial score (nSPS) is 15.4. The molecule has 1 aliphatic carbocycles. The number of carboxylic acids is 1. The first-order valence-corrected chi connectivity index (χ1v) is 5.41. The van der Waals surface area contributed by atoms with Crippen LogP contribution in [0.1, 0.15) is 23.2 Å². The second-order valence-corrected chi connectivity index (χ2v) is 4.34. The van der Waals surface area contributed by atoms with Crippen LogP contribution in [0, 0.1) is 11.7 Å². The van der Waals surface area contributed by atoms with Crippen molar-refractivity contribution in [2.75, 3.05) is 0 Å². The van der Waals surface area contributed by atoms with Gasteiger partial charge in [-0.2, -0.15) is 0 Å². The highest BCUT2D eigenvalue weighted by Gasteiger charge is 2.24. The van der Waals surface area contributed by atoms with Crippen molar-refractivity contribution in [3.63, 3.8) is 0 Å². The van der Waals surface area contributed by atoms with E-state index in [9.17, 15) is 9.18 Å². The van der Waals surface area contributed by atoms with Gasteiger partial charge in [0.1, 0.15) is 11.3 Å². The molecule has 3 rings (SSSR count). The van der Waals surface area contributed by atoms with E-state index in [1.54, 1.807) is 4.68 Å². The van der Waals surface area contributed by atoms with Gasteiger partial charge in [-0.15, -0.1) is 5.10 Å². The third-order valence-corrected chi connectivity index (χ3v) is 2.96. The SMILES string of the molecule is O=C(O)c1cc2c(cc1F)nnn2CC1CC1. The molecule has 1 aliphatic rings. The van der Waals surface area contributed by atoms with Gasteiger partial charge in [-0.3, -0.25) is 0 Å². The number of aromatic nitrogens is 3. The van der Waals surface area contributed by atoms with Crippen molar-refractivity contribution in [3.8, 4) is 0 Å². The maximum absolute atomic E-state index is 13.4. The molecule has 0 unspecified atom stereocenters. The Morgan fingerprint density at radius 2 is 2.29 bits per heavy atom. The number of benzene rings is 1. The molecule has 0 bridgehead atoms. The fourth-order valence-corrected chi connectivity index (χ4v) is 1.83. The molecule has 1 heterocycles. The Morgan fingerprint density at radius 3 is 2.94 bits per heavy atom. The summed E-state index contributed by atoms with van der Waals surface area (Å²) in [5.41, 5.74) is 0.640. The number of carboxylic acid groups (broad SMARTS) is 1. The quantitative estimate of drug-likeness (QED) is 0.878. The molecule has 0 radical (unpaired) electrons. The number of hydrogen-bond acceptors (Lipinski definition) is 3. The summed E-state index contributed by atoms with van der Waals surface area (Å²) in [6.45, 7) is 0.723. The molecule has 17 heavy (non-hydrogen) atoms. The second-order valence-electron chi connectivity index (χ2n) is 4.34. The lowest BCUT2D eigenvalue weighted by Gasteiger charge is -2.01. The number of fused-ring (bicyclic) bond motifs is 1. The Labute approximate surface area is 95.8 Å². The Balaban J connectivity index is 2.12. The smallest absolute Gasteiger partial charge is 0.338 e. The van der Waals surface area contributed by atoms with E-state index in [1.165, 1.54) is 6.07 Å². The first-order valence-electron chi connectivity index (χ1n) is 5.41. The minimum absolute atomic E-state index is 0.336. The van der Waals surface area contributed by atoms with E-state index in [0.29, 0.717) is 17.0 Å². The van der Waals surface area contributed by atoms with Gasteiger partial charge in [0.05, 0.1) is 11.1 Å². The van der Waals surface area contributed by atoms with Crippen LogP contribution in [0.5, 0.6) is 0 Å². The van der Waals surface area contributed by atoms with Gasteiger partial charge in [0.25, 0.3) is 0 Å². The van der Waals surface area contributed by atoms with Crippen molar-refractivity contribution in [2.45, 2.75) is 19.4 Å². The number of nitrogens with zero attached hydrogens (tertiary/aromatic N) is 3. The fourth-order valence-electron chi connectivity index (χ4n) is 1.83. The Morgan fingerprint density at radius 1 is 1.53 bits per heavy atom. The molecule has 1 aromatic carbocycles. The highest BCUT2D eigenvalue weighted by Crippen LogP contribution is 2.31. The van der Waals surface area contributed by atoms with Crippen molar-refractivity contribution in [1.82, 2.24) is 15.0 Å². The largest absolute Gasteiger partial charge is 0.478 e. The molecule has 0 atom stereocenters. The third kappa shape index (κ3) is 1.75. The Hall–Kier alpha value is -1.98. The summed E-state index contributed by atoms with van der Waals surface area (Å²) in [4.78, 5) is 10.8. The maximum Gasteiger partial charge on any atom is 0.338 e. The predicted octanol–water partition coefficient (Wildman–Crippen LogP) is 1.68. The number of carbonyl (C=O) groups is 1. The van der Waals surface area contributed by atoms with E-state index in [2.05, 4.69) is 10.3 Å². The highest BCUT2D eigenvalue weighted by molar-refractivity contribution is 5.92. The molecular formula is C11H10FN3O2. The van der Waals surface area contributed by atoms with E-state index < -0.39 is 11.8 Å².